The fourth-order valence-electron chi connectivity index (χ4n) is 2.40. The summed E-state index contributed by atoms with van der Waals surface area (Å²) < 4.78 is 32.4. The predicted molar refractivity (Wildman–Crippen MR) is 83.3 cm³/mol. The Morgan fingerprint density at radius 1 is 1.24 bits per heavy atom. The van der Waals surface area contributed by atoms with Crippen molar-refractivity contribution in [2.75, 3.05) is 11.3 Å². The third-order valence-electron chi connectivity index (χ3n) is 3.50. The van der Waals surface area contributed by atoms with E-state index >= 15 is 0 Å². The van der Waals surface area contributed by atoms with Gasteiger partial charge in [-0.2, -0.15) is 0 Å². The van der Waals surface area contributed by atoms with Crippen LogP contribution in [-0.4, -0.2) is 26.1 Å². The molecule has 0 amide bonds. The van der Waals surface area contributed by atoms with Crippen molar-refractivity contribution >= 4 is 21.5 Å². The highest BCUT2D eigenvalue weighted by Crippen LogP contribution is 2.25. The Labute approximate surface area is 125 Å². The van der Waals surface area contributed by atoms with Gasteiger partial charge in [-0.25, -0.2) is 8.42 Å². The summed E-state index contributed by atoms with van der Waals surface area (Å²) >= 11 is 0. The van der Waals surface area contributed by atoms with Gasteiger partial charge in [-0.05, 0) is 37.1 Å². The second-order valence-electron chi connectivity index (χ2n) is 5.25. The Hall–Kier alpha value is -1.76. The highest BCUT2D eigenvalue weighted by atomic mass is 32.2. The van der Waals surface area contributed by atoms with Gasteiger partial charge in [-0.3, -0.25) is 10.1 Å². The molecule has 1 saturated carbocycles. The van der Waals surface area contributed by atoms with Crippen molar-refractivity contribution in [3.05, 3.63) is 24.3 Å². The molecule has 7 heteroatoms. The topological polar surface area (TPSA) is 105 Å². The third-order valence-corrected chi connectivity index (χ3v) is 5.37. The quantitative estimate of drug-likeness (QED) is 0.552. The number of nitrogens with one attached hydrogen (secondary N) is 2. The lowest BCUT2D eigenvalue weighted by Gasteiger charge is -2.22. The Morgan fingerprint density at radius 2 is 1.86 bits per heavy atom. The number of benzene rings is 1. The molecule has 1 fully saturated rings. The molecule has 0 unspecified atom stereocenters. The van der Waals surface area contributed by atoms with Gasteiger partial charge in [-0.15, -0.1) is 0 Å². The second kappa shape index (κ2) is 6.80. The Morgan fingerprint density at radius 3 is 2.43 bits per heavy atom. The van der Waals surface area contributed by atoms with Crippen LogP contribution in [0.2, 0.25) is 0 Å². The molecule has 4 N–H and O–H groups in total. The Balaban J connectivity index is 1.97. The summed E-state index contributed by atoms with van der Waals surface area (Å²) in [7, 11) is -3.32. The molecular weight excluding hydrogens is 290 g/mol. The minimum absolute atomic E-state index is 0.0210. The molecule has 1 aromatic rings. The predicted octanol–water partition coefficient (Wildman–Crippen LogP) is 2.08. The molecule has 0 saturated heterocycles. The highest BCUT2D eigenvalue weighted by molar-refractivity contribution is 7.93. The fraction of sp³-hybridized carbons (Fsp3) is 0.500. The van der Waals surface area contributed by atoms with Gasteiger partial charge < -0.3 is 10.5 Å². The zero-order chi connectivity index (χ0) is 15.3. The lowest BCUT2D eigenvalue weighted by molar-refractivity contribution is 0.374. The van der Waals surface area contributed by atoms with Crippen molar-refractivity contribution in [1.29, 1.82) is 5.41 Å². The van der Waals surface area contributed by atoms with E-state index in [9.17, 15) is 8.42 Å². The maximum atomic E-state index is 12.3. The average Bonchev–Trinajstić information content (AvgIpc) is 2.47. The van der Waals surface area contributed by atoms with Crippen molar-refractivity contribution in [3.63, 3.8) is 0 Å². The van der Waals surface area contributed by atoms with E-state index in [-0.39, 0.29) is 17.7 Å². The Bertz CT molecular complexity index is 578. The van der Waals surface area contributed by atoms with E-state index in [1.807, 2.05) is 0 Å². The van der Waals surface area contributed by atoms with Gasteiger partial charge in [0.2, 0.25) is 10.0 Å². The SMILES string of the molecule is N=C(N)COc1ccc(NS(=O)(=O)C2CCCCC2)cc1. The van der Waals surface area contributed by atoms with Crippen molar-refractivity contribution in [1.82, 2.24) is 0 Å². The van der Waals surface area contributed by atoms with Crippen LogP contribution >= 0.6 is 0 Å². The molecule has 0 heterocycles. The van der Waals surface area contributed by atoms with Gasteiger partial charge in [0.05, 0.1) is 5.25 Å². The summed E-state index contributed by atoms with van der Waals surface area (Å²) in [5, 5.41) is 6.79. The van der Waals surface area contributed by atoms with Crippen LogP contribution in [0.4, 0.5) is 5.69 Å². The molecule has 6 nitrogen and oxygen atoms in total. The highest BCUT2D eigenvalue weighted by Gasteiger charge is 2.27. The van der Waals surface area contributed by atoms with Crippen LogP contribution in [-0.2, 0) is 10.0 Å². The number of amidine groups is 1. The maximum Gasteiger partial charge on any atom is 0.235 e. The number of ether oxygens (including phenoxy) is 1. The molecule has 0 spiro atoms. The largest absolute Gasteiger partial charge is 0.486 e. The zero-order valence-corrected chi connectivity index (χ0v) is 12.7. The van der Waals surface area contributed by atoms with E-state index in [2.05, 4.69) is 4.72 Å². The van der Waals surface area contributed by atoms with Gasteiger partial charge in [0.15, 0.2) is 0 Å². The molecule has 1 aliphatic carbocycles. The second-order valence-corrected chi connectivity index (χ2v) is 7.21. The summed E-state index contributed by atoms with van der Waals surface area (Å²) in [6.45, 7) is 0.0210. The lowest BCUT2D eigenvalue weighted by atomic mass is 10.0. The molecule has 0 aliphatic heterocycles. The summed E-state index contributed by atoms with van der Waals surface area (Å²) in [4.78, 5) is 0. The summed E-state index contributed by atoms with van der Waals surface area (Å²) in [6.07, 6.45) is 4.53. The fourth-order valence-corrected chi connectivity index (χ4v) is 3.99. The first-order chi connectivity index (χ1) is 9.97. The molecule has 0 bridgehead atoms. The van der Waals surface area contributed by atoms with Crippen LogP contribution in [0.5, 0.6) is 5.75 Å². The molecule has 0 radical (unpaired) electrons. The number of nitrogens with two attached hydrogens (primary N) is 1. The number of rotatable bonds is 6. The molecule has 21 heavy (non-hydrogen) atoms. The number of hydrogen-bond donors (Lipinski definition) is 3. The molecule has 1 aliphatic rings. The van der Waals surface area contributed by atoms with Crippen molar-refractivity contribution in [3.8, 4) is 5.75 Å². The summed E-state index contributed by atoms with van der Waals surface area (Å²) in [5.41, 5.74) is 5.73. The van der Waals surface area contributed by atoms with E-state index in [0.717, 1.165) is 32.1 Å². The van der Waals surface area contributed by atoms with Crippen LogP contribution in [0.3, 0.4) is 0 Å². The number of sulfonamides is 1. The monoisotopic (exact) mass is 311 g/mol. The third kappa shape index (κ3) is 4.63. The lowest BCUT2D eigenvalue weighted by Crippen LogP contribution is -2.29. The summed E-state index contributed by atoms with van der Waals surface area (Å²) in [5.74, 6) is 0.489. The molecule has 0 atom stereocenters. The van der Waals surface area contributed by atoms with Crippen LogP contribution < -0.4 is 15.2 Å². The smallest absolute Gasteiger partial charge is 0.235 e. The maximum absolute atomic E-state index is 12.3. The zero-order valence-electron chi connectivity index (χ0n) is 11.8. The van der Waals surface area contributed by atoms with Gasteiger partial charge >= 0.3 is 0 Å². The number of hydrogen-bond acceptors (Lipinski definition) is 4. The first-order valence-corrected chi connectivity index (χ1v) is 8.59. The van der Waals surface area contributed by atoms with Crippen molar-refractivity contribution in [2.45, 2.75) is 37.4 Å². The number of anilines is 1. The Kier molecular flexibility index (Phi) is 5.06. The van der Waals surface area contributed by atoms with E-state index in [1.165, 1.54) is 0 Å². The van der Waals surface area contributed by atoms with Gasteiger partial charge in [0.1, 0.15) is 18.2 Å². The minimum atomic E-state index is -3.32. The molecule has 2 rings (SSSR count). The van der Waals surface area contributed by atoms with E-state index in [0.29, 0.717) is 11.4 Å². The normalized spacial score (nSPS) is 16.4. The van der Waals surface area contributed by atoms with Crippen LogP contribution in [0, 0.1) is 5.41 Å². The first kappa shape index (κ1) is 15.6. The van der Waals surface area contributed by atoms with Gasteiger partial charge in [-0.1, -0.05) is 19.3 Å². The van der Waals surface area contributed by atoms with Crippen molar-refractivity contribution in [2.24, 2.45) is 5.73 Å². The average molecular weight is 311 g/mol. The van der Waals surface area contributed by atoms with Crippen LogP contribution in [0.25, 0.3) is 0 Å². The first-order valence-electron chi connectivity index (χ1n) is 7.05. The molecule has 1 aromatic carbocycles. The van der Waals surface area contributed by atoms with E-state index < -0.39 is 10.0 Å². The standard InChI is InChI=1S/C14H21N3O3S/c15-14(16)10-20-12-8-6-11(7-9-12)17-21(18,19)13-4-2-1-3-5-13/h6-9,13,17H,1-5,10H2,(H3,15,16). The van der Waals surface area contributed by atoms with E-state index in [4.69, 9.17) is 15.9 Å². The molecule has 0 aromatic heterocycles. The van der Waals surface area contributed by atoms with E-state index in [1.54, 1.807) is 24.3 Å². The minimum Gasteiger partial charge on any atom is -0.486 e. The van der Waals surface area contributed by atoms with Crippen LogP contribution in [0.1, 0.15) is 32.1 Å². The van der Waals surface area contributed by atoms with Crippen LogP contribution in [0.15, 0.2) is 24.3 Å². The van der Waals surface area contributed by atoms with Gasteiger partial charge in [0, 0.05) is 5.69 Å². The molecule has 116 valence electrons. The van der Waals surface area contributed by atoms with Gasteiger partial charge in [0.25, 0.3) is 0 Å². The molecular formula is C14H21N3O3S. The summed E-state index contributed by atoms with van der Waals surface area (Å²) in [6, 6.07) is 6.61. The van der Waals surface area contributed by atoms with Crippen molar-refractivity contribution < 1.29 is 13.2 Å².